The van der Waals surface area contributed by atoms with Crippen LogP contribution in [0.2, 0.25) is 0 Å². The zero-order chi connectivity index (χ0) is 12.5. The quantitative estimate of drug-likeness (QED) is 0.903. The number of thiophene rings is 1. The number of aromatic nitrogens is 2. The van der Waals surface area contributed by atoms with E-state index < -0.39 is 0 Å². The van der Waals surface area contributed by atoms with Crippen molar-refractivity contribution in [3.8, 4) is 0 Å². The third-order valence-corrected chi connectivity index (χ3v) is 3.70. The molecular formula is C12H18N4S. The van der Waals surface area contributed by atoms with E-state index in [1.165, 1.54) is 0 Å². The highest BCUT2D eigenvalue weighted by molar-refractivity contribution is 7.17. The van der Waals surface area contributed by atoms with Gasteiger partial charge in [0.15, 0.2) is 0 Å². The molecule has 0 unspecified atom stereocenters. The molecule has 2 aromatic heterocycles. The van der Waals surface area contributed by atoms with Crippen LogP contribution in [0.15, 0.2) is 17.8 Å². The molecule has 0 atom stereocenters. The Labute approximate surface area is 105 Å². The van der Waals surface area contributed by atoms with Gasteiger partial charge in [-0.1, -0.05) is 13.8 Å². The van der Waals surface area contributed by atoms with Gasteiger partial charge in [-0.3, -0.25) is 0 Å². The summed E-state index contributed by atoms with van der Waals surface area (Å²) in [5.74, 6) is 0.992. The zero-order valence-electron chi connectivity index (χ0n) is 10.5. The number of hydrogen-bond acceptors (Lipinski definition) is 5. The monoisotopic (exact) mass is 250 g/mol. The lowest BCUT2D eigenvalue weighted by Crippen LogP contribution is -2.37. The average molecular weight is 250 g/mol. The second-order valence-corrected chi connectivity index (χ2v) is 5.97. The number of fused-ring (bicyclic) bond motifs is 1. The summed E-state index contributed by atoms with van der Waals surface area (Å²) >= 11 is 1.68. The Morgan fingerprint density at radius 3 is 2.88 bits per heavy atom. The number of hydrogen-bond donors (Lipinski definition) is 1. The maximum atomic E-state index is 5.77. The first kappa shape index (κ1) is 12.3. The second kappa shape index (κ2) is 4.58. The first-order valence-electron chi connectivity index (χ1n) is 5.63. The summed E-state index contributed by atoms with van der Waals surface area (Å²) in [7, 11) is 2.05. The van der Waals surface area contributed by atoms with Crippen LogP contribution in [-0.2, 0) is 0 Å². The fraction of sp³-hybridized carbons (Fsp3) is 0.500. The van der Waals surface area contributed by atoms with E-state index in [1.807, 2.05) is 11.4 Å². The van der Waals surface area contributed by atoms with Crippen LogP contribution in [0.25, 0.3) is 10.2 Å². The summed E-state index contributed by atoms with van der Waals surface area (Å²) in [5, 5.41) is 2.05. The fourth-order valence-corrected chi connectivity index (χ4v) is 2.72. The summed E-state index contributed by atoms with van der Waals surface area (Å²) in [6.07, 6.45) is 1.62. The van der Waals surface area contributed by atoms with Gasteiger partial charge in [0.05, 0.1) is 10.2 Å². The van der Waals surface area contributed by atoms with Crippen LogP contribution in [0.1, 0.15) is 13.8 Å². The summed E-state index contributed by atoms with van der Waals surface area (Å²) in [6, 6.07) is 2.02. The average Bonchev–Trinajstić information content (AvgIpc) is 2.76. The Hall–Kier alpha value is -1.20. The van der Waals surface area contributed by atoms with E-state index in [-0.39, 0.29) is 5.41 Å². The van der Waals surface area contributed by atoms with Gasteiger partial charge >= 0.3 is 0 Å². The molecule has 0 aliphatic heterocycles. The molecule has 0 aliphatic rings. The summed E-state index contributed by atoms with van der Waals surface area (Å²) < 4.78 is 1.14. The van der Waals surface area contributed by atoms with E-state index in [9.17, 15) is 0 Å². The van der Waals surface area contributed by atoms with Crippen LogP contribution in [0, 0.1) is 5.41 Å². The van der Waals surface area contributed by atoms with Crippen LogP contribution in [0.3, 0.4) is 0 Å². The lowest BCUT2D eigenvalue weighted by molar-refractivity contribution is 0.384. The molecule has 0 amide bonds. The fourth-order valence-electron chi connectivity index (χ4n) is 1.83. The van der Waals surface area contributed by atoms with Crippen molar-refractivity contribution < 1.29 is 0 Å². The van der Waals surface area contributed by atoms with Gasteiger partial charge in [-0.05, 0) is 23.4 Å². The molecule has 0 fully saturated rings. The highest BCUT2D eigenvalue weighted by Gasteiger charge is 2.20. The largest absolute Gasteiger partial charge is 0.358 e. The molecule has 2 aromatic rings. The molecule has 0 aromatic carbocycles. The third-order valence-electron chi connectivity index (χ3n) is 2.80. The van der Waals surface area contributed by atoms with Crippen molar-refractivity contribution in [1.82, 2.24) is 9.97 Å². The molecule has 0 spiro atoms. The first-order chi connectivity index (χ1) is 8.03. The minimum atomic E-state index is 0.0866. The van der Waals surface area contributed by atoms with Gasteiger partial charge in [0, 0.05) is 13.6 Å². The van der Waals surface area contributed by atoms with Crippen molar-refractivity contribution in [1.29, 1.82) is 0 Å². The van der Waals surface area contributed by atoms with Gasteiger partial charge < -0.3 is 10.6 Å². The molecule has 0 aliphatic carbocycles. The van der Waals surface area contributed by atoms with E-state index in [4.69, 9.17) is 5.73 Å². The molecule has 0 saturated heterocycles. The molecule has 2 rings (SSSR count). The molecule has 0 saturated carbocycles. The van der Waals surface area contributed by atoms with Crippen LogP contribution in [-0.4, -0.2) is 30.1 Å². The van der Waals surface area contributed by atoms with Gasteiger partial charge in [0.1, 0.15) is 12.1 Å². The summed E-state index contributed by atoms with van der Waals surface area (Å²) in [5.41, 5.74) is 6.87. The van der Waals surface area contributed by atoms with Crippen LogP contribution in [0.5, 0.6) is 0 Å². The van der Waals surface area contributed by atoms with E-state index in [0.29, 0.717) is 6.54 Å². The molecule has 2 N–H and O–H groups in total. The first-order valence-corrected chi connectivity index (χ1v) is 6.51. The maximum absolute atomic E-state index is 5.77. The van der Waals surface area contributed by atoms with Crippen molar-refractivity contribution in [3.05, 3.63) is 17.8 Å². The number of nitrogens with two attached hydrogens (primary N) is 1. The molecule has 2 heterocycles. The van der Waals surface area contributed by atoms with Crippen molar-refractivity contribution >= 4 is 27.4 Å². The summed E-state index contributed by atoms with van der Waals surface area (Å²) in [4.78, 5) is 10.8. The molecule has 5 heteroatoms. The van der Waals surface area contributed by atoms with Crippen LogP contribution in [0.4, 0.5) is 5.82 Å². The number of rotatable bonds is 4. The predicted octanol–water partition coefficient (Wildman–Crippen LogP) is 2.11. The lowest BCUT2D eigenvalue weighted by Gasteiger charge is -2.29. The molecule has 92 valence electrons. The van der Waals surface area contributed by atoms with Crippen molar-refractivity contribution in [2.24, 2.45) is 11.1 Å². The van der Waals surface area contributed by atoms with Gasteiger partial charge in [0.25, 0.3) is 0 Å². The standard InChI is InChI=1S/C12H18N4S/c1-12(2,6-13)7-16(3)11-10-9(4-5-17-10)14-8-15-11/h4-5,8H,6-7,13H2,1-3H3. The van der Waals surface area contributed by atoms with E-state index in [2.05, 4.69) is 35.8 Å². The highest BCUT2D eigenvalue weighted by Crippen LogP contribution is 2.28. The zero-order valence-corrected chi connectivity index (χ0v) is 11.3. The molecule has 0 radical (unpaired) electrons. The Kier molecular flexibility index (Phi) is 3.31. The summed E-state index contributed by atoms with van der Waals surface area (Å²) in [6.45, 7) is 5.87. The minimum Gasteiger partial charge on any atom is -0.358 e. The van der Waals surface area contributed by atoms with Gasteiger partial charge in [-0.25, -0.2) is 9.97 Å². The van der Waals surface area contributed by atoms with Crippen molar-refractivity contribution in [2.45, 2.75) is 13.8 Å². The Morgan fingerprint density at radius 1 is 1.41 bits per heavy atom. The van der Waals surface area contributed by atoms with Gasteiger partial charge in [-0.15, -0.1) is 11.3 Å². The molecular weight excluding hydrogens is 232 g/mol. The number of anilines is 1. The van der Waals surface area contributed by atoms with Crippen LogP contribution >= 0.6 is 11.3 Å². The van der Waals surface area contributed by atoms with Crippen molar-refractivity contribution in [3.63, 3.8) is 0 Å². The van der Waals surface area contributed by atoms with Crippen molar-refractivity contribution in [2.75, 3.05) is 25.0 Å². The topological polar surface area (TPSA) is 55.0 Å². The van der Waals surface area contributed by atoms with E-state index in [1.54, 1.807) is 17.7 Å². The smallest absolute Gasteiger partial charge is 0.149 e. The van der Waals surface area contributed by atoms with E-state index in [0.717, 1.165) is 22.6 Å². The normalized spacial score (nSPS) is 12.0. The van der Waals surface area contributed by atoms with Gasteiger partial charge in [-0.2, -0.15) is 0 Å². The molecule has 17 heavy (non-hydrogen) atoms. The minimum absolute atomic E-state index is 0.0866. The lowest BCUT2D eigenvalue weighted by atomic mass is 9.93. The van der Waals surface area contributed by atoms with Crippen LogP contribution < -0.4 is 10.6 Å². The highest BCUT2D eigenvalue weighted by atomic mass is 32.1. The Balaban J connectivity index is 2.30. The number of nitrogens with zero attached hydrogens (tertiary/aromatic N) is 3. The Morgan fingerprint density at radius 2 is 2.18 bits per heavy atom. The SMILES string of the molecule is CN(CC(C)(C)CN)c1ncnc2ccsc12. The Bertz CT molecular complexity index is 506. The molecule has 4 nitrogen and oxygen atoms in total. The second-order valence-electron chi connectivity index (χ2n) is 5.06. The predicted molar refractivity (Wildman–Crippen MR) is 73.5 cm³/mol. The van der Waals surface area contributed by atoms with Gasteiger partial charge in [0.2, 0.25) is 0 Å². The third kappa shape index (κ3) is 2.56. The van der Waals surface area contributed by atoms with E-state index >= 15 is 0 Å². The molecule has 0 bridgehead atoms. The maximum Gasteiger partial charge on any atom is 0.149 e.